The van der Waals surface area contributed by atoms with Gasteiger partial charge < -0.3 is 4.90 Å². The Morgan fingerprint density at radius 3 is 2.56 bits per heavy atom. The Morgan fingerprint density at radius 1 is 1.25 bits per heavy atom. The van der Waals surface area contributed by atoms with Crippen molar-refractivity contribution in [2.75, 3.05) is 20.6 Å². The van der Waals surface area contributed by atoms with Crippen molar-refractivity contribution in [2.24, 2.45) is 0 Å². The van der Waals surface area contributed by atoms with Crippen molar-refractivity contribution in [3.05, 3.63) is 34.7 Å². The molecule has 0 aliphatic carbocycles. The van der Waals surface area contributed by atoms with Crippen LogP contribution < -0.4 is 0 Å². The maximum absolute atomic E-state index is 11.9. The second-order valence-corrected chi connectivity index (χ2v) is 6.19. The lowest BCUT2D eigenvalue weighted by Crippen LogP contribution is -2.13. The molecule has 0 saturated carbocycles. The summed E-state index contributed by atoms with van der Waals surface area (Å²) in [4.78, 5) is 2.41. The van der Waals surface area contributed by atoms with Crippen LogP contribution in [0.5, 0.6) is 0 Å². The number of hydrogen-bond donors (Lipinski definition) is 0. The highest BCUT2D eigenvalue weighted by atomic mass is 32.2. The molecule has 1 aromatic rings. The number of likely N-dealkylation sites (N-methyl/N-ethyl adjacent to an activating group) is 1. The Bertz CT molecular complexity index is 556. The van der Waals surface area contributed by atoms with E-state index in [-0.39, 0.29) is 0 Å². The second kappa shape index (κ2) is 3.71. The average molecular weight is 237 g/mol. The van der Waals surface area contributed by atoms with Crippen LogP contribution in [0.2, 0.25) is 0 Å². The Hall–Kier alpha value is -1.13. The molecule has 0 saturated heterocycles. The zero-order valence-electron chi connectivity index (χ0n) is 9.69. The maximum Gasteiger partial charge on any atom is 0.200 e. The van der Waals surface area contributed by atoms with Crippen LogP contribution >= 0.6 is 0 Å². The second-order valence-electron chi connectivity index (χ2n) is 4.43. The summed E-state index contributed by atoms with van der Waals surface area (Å²) in [6, 6.07) is 5.47. The molecule has 0 aromatic heterocycles. The van der Waals surface area contributed by atoms with E-state index < -0.39 is 9.84 Å². The third kappa shape index (κ3) is 1.90. The molecule has 0 radical (unpaired) electrons. The SMILES string of the molecule is Cc1ccc2c(c1)C(CN(C)C)=CS2(=O)=O. The first-order chi connectivity index (χ1) is 7.40. The van der Waals surface area contributed by atoms with E-state index in [1.807, 2.05) is 38.1 Å². The first-order valence-electron chi connectivity index (χ1n) is 5.11. The summed E-state index contributed by atoms with van der Waals surface area (Å²) in [5, 5.41) is 1.39. The van der Waals surface area contributed by atoms with Gasteiger partial charge in [0.2, 0.25) is 9.84 Å². The van der Waals surface area contributed by atoms with Crippen molar-refractivity contribution in [1.29, 1.82) is 0 Å². The monoisotopic (exact) mass is 237 g/mol. The van der Waals surface area contributed by atoms with E-state index in [1.165, 1.54) is 5.41 Å². The number of nitrogens with zero attached hydrogens (tertiary/aromatic N) is 1. The molecule has 1 aliphatic rings. The van der Waals surface area contributed by atoms with Gasteiger partial charge in [-0.15, -0.1) is 0 Å². The largest absolute Gasteiger partial charge is 0.305 e. The zero-order valence-corrected chi connectivity index (χ0v) is 10.5. The molecule has 16 heavy (non-hydrogen) atoms. The van der Waals surface area contributed by atoms with Gasteiger partial charge in [0.05, 0.1) is 4.90 Å². The molecule has 0 fully saturated rings. The quantitative estimate of drug-likeness (QED) is 0.785. The van der Waals surface area contributed by atoms with Gasteiger partial charge in [0.1, 0.15) is 0 Å². The number of sulfone groups is 1. The molecule has 0 bridgehead atoms. The van der Waals surface area contributed by atoms with Crippen LogP contribution in [0.15, 0.2) is 28.5 Å². The highest BCUT2D eigenvalue weighted by molar-refractivity contribution is 7.95. The fourth-order valence-electron chi connectivity index (χ4n) is 1.92. The molecule has 4 heteroatoms. The first-order valence-corrected chi connectivity index (χ1v) is 6.66. The predicted octanol–water partition coefficient (Wildman–Crippen LogP) is 1.68. The molecule has 0 N–H and O–H groups in total. The summed E-state index contributed by atoms with van der Waals surface area (Å²) < 4.78 is 23.7. The minimum absolute atomic E-state index is 0.440. The molecule has 0 atom stereocenters. The average Bonchev–Trinajstić information content (AvgIpc) is 2.37. The van der Waals surface area contributed by atoms with Crippen molar-refractivity contribution >= 4 is 15.4 Å². The van der Waals surface area contributed by atoms with Gasteiger partial charge in [-0.05, 0) is 38.2 Å². The van der Waals surface area contributed by atoms with Crippen LogP contribution in [-0.2, 0) is 9.84 Å². The van der Waals surface area contributed by atoms with Crippen molar-refractivity contribution in [3.8, 4) is 0 Å². The molecule has 1 heterocycles. The third-order valence-electron chi connectivity index (χ3n) is 2.57. The van der Waals surface area contributed by atoms with E-state index in [2.05, 4.69) is 0 Å². The summed E-state index contributed by atoms with van der Waals surface area (Å²) in [6.07, 6.45) is 0. The molecule has 2 rings (SSSR count). The Labute approximate surface area is 96.3 Å². The molecule has 0 unspecified atom stereocenters. The maximum atomic E-state index is 11.9. The molecule has 1 aromatic carbocycles. The lowest BCUT2D eigenvalue weighted by Gasteiger charge is -2.11. The van der Waals surface area contributed by atoms with Gasteiger partial charge in [-0.25, -0.2) is 8.42 Å². The van der Waals surface area contributed by atoms with Gasteiger partial charge in [0.15, 0.2) is 0 Å². The number of hydrogen-bond acceptors (Lipinski definition) is 3. The zero-order chi connectivity index (χ0) is 11.9. The smallest absolute Gasteiger partial charge is 0.200 e. The van der Waals surface area contributed by atoms with Gasteiger partial charge in [-0.2, -0.15) is 0 Å². The summed E-state index contributed by atoms with van der Waals surface area (Å²) >= 11 is 0. The highest BCUT2D eigenvalue weighted by Gasteiger charge is 2.26. The van der Waals surface area contributed by atoms with E-state index >= 15 is 0 Å². The van der Waals surface area contributed by atoms with Crippen molar-refractivity contribution in [2.45, 2.75) is 11.8 Å². The van der Waals surface area contributed by atoms with E-state index in [9.17, 15) is 8.42 Å². The molecule has 0 amide bonds. The summed E-state index contributed by atoms with van der Waals surface area (Å²) in [6.45, 7) is 2.62. The lowest BCUT2D eigenvalue weighted by molar-refractivity contribution is 0.463. The van der Waals surface area contributed by atoms with Crippen LogP contribution in [-0.4, -0.2) is 34.0 Å². The molecule has 1 aliphatic heterocycles. The molecular formula is C12H15NO2S. The predicted molar refractivity (Wildman–Crippen MR) is 64.9 cm³/mol. The standard InChI is InChI=1S/C12H15NO2S/c1-9-4-5-12-11(6-9)10(7-13(2)3)8-16(12,14)15/h4-6,8H,7H2,1-3H3. The van der Waals surface area contributed by atoms with Gasteiger partial charge in [-0.1, -0.05) is 17.7 Å². The highest BCUT2D eigenvalue weighted by Crippen LogP contribution is 2.33. The van der Waals surface area contributed by atoms with Crippen LogP contribution in [0.4, 0.5) is 0 Å². The topological polar surface area (TPSA) is 37.4 Å². The minimum atomic E-state index is -3.21. The van der Waals surface area contributed by atoms with Gasteiger partial charge in [0, 0.05) is 12.0 Å². The number of rotatable bonds is 2. The van der Waals surface area contributed by atoms with Crippen LogP contribution in [0.1, 0.15) is 11.1 Å². The van der Waals surface area contributed by atoms with Crippen LogP contribution in [0.25, 0.3) is 5.57 Å². The minimum Gasteiger partial charge on any atom is -0.305 e. The Kier molecular flexibility index (Phi) is 2.64. The number of benzene rings is 1. The number of aryl methyl sites for hydroxylation is 1. The van der Waals surface area contributed by atoms with Crippen molar-refractivity contribution in [1.82, 2.24) is 4.90 Å². The third-order valence-corrected chi connectivity index (χ3v) is 4.14. The summed E-state index contributed by atoms with van der Waals surface area (Å²) in [7, 11) is 0.658. The normalized spacial score (nSPS) is 17.4. The molecule has 0 spiro atoms. The lowest BCUT2D eigenvalue weighted by atomic mass is 10.1. The Morgan fingerprint density at radius 2 is 1.94 bits per heavy atom. The Balaban J connectivity index is 2.57. The van der Waals surface area contributed by atoms with E-state index in [1.54, 1.807) is 6.07 Å². The van der Waals surface area contributed by atoms with Gasteiger partial charge >= 0.3 is 0 Å². The van der Waals surface area contributed by atoms with E-state index in [4.69, 9.17) is 0 Å². The van der Waals surface area contributed by atoms with Gasteiger partial charge in [-0.3, -0.25) is 0 Å². The molecule has 3 nitrogen and oxygen atoms in total. The van der Waals surface area contributed by atoms with Crippen molar-refractivity contribution in [3.63, 3.8) is 0 Å². The molecule has 86 valence electrons. The first kappa shape index (κ1) is 11.4. The van der Waals surface area contributed by atoms with Gasteiger partial charge in [0.25, 0.3) is 0 Å². The van der Waals surface area contributed by atoms with E-state index in [0.29, 0.717) is 11.4 Å². The van der Waals surface area contributed by atoms with E-state index in [0.717, 1.165) is 16.7 Å². The van der Waals surface area contributed by atoms with Crippen LogP contribution in [0.3, 0.4) is 0 Å². The van der Waals surface area contributed by atoms with Crippen LogP contribution in [0, 0.1) is 6.92 Å². The summed E-state index contributed by atoms with van der Waals surface area (Å²) in [5.41, 5.74) is 2.82. The fraction of sp³-hybridized carbons (Fsp3) is 0.333. The fourth-order valence-corrected chi connectivity index (χ4v) is 3.38. The molecular weight excluding hydrogens is 222 g/mol. The number of fused-ring (bicyclic) bond motifs is 1. The summed E-state index contributed by atoms with van der Waals surface area (Å²) in [5.74, 6) is 0. The van der Waals surface area contributed by atoms with Crippen molar-refractivity contribution < 1.29 is 8.42 Å².